The second kappa shape index (κ2) is 10.2. The maximum atomic E-state index is 13.2. The molecule has 0 fully saturated rings. The molecule has 0 bridgehead atoms. The molecule has 0 unspecified atom stereocenters. The molecule has 0 aliphatic rings. The van der Waals surface area contributed by atoms with E-state index in [-0.39, 0.29) is 18.2 Å². The van der Waals surface area contributed by atoms with Gasteiger partial charge in [0.05, 0.1) is 13.7 Å². The minimum absolute atomic E-state index is 0.0295. The molecule has 0 atom stereocenters. The highest BCUT2D eigenvalue weighted by atomic mass is 16.5. The standard InChI is InChI=1S/C24H32N2O4/c1-7-14-25(23(28)19-12-10-18(8-2)11-13-19)15-20(27)21-16(4)22(24(29)30-6)26(9-3)17(21)5/h10-13H,7-9,14-15H2,1-6H3. The Hall–Kier alpha value is -2.89. The van der Waals surface area contributed by atoms with E-state index in [1.54, 1.807) is 16.4 Å². The lowest BCUT2D eigenvalue weighted by Gasteiger charge is -2.22. The number of aromatic nitrogens is 1. The zero-order valence-corrected chi connectivity index (χ0v) is 18.9. The predicted molar refractivity (Wildman–Crippen MR) is 117 cm³/mol. The molecule has 0 aliphatic heterocycles. The van der Waals surface area contributed by atoms with Crippen molar-refractivity contribution < 1.29 is 19.1 Å². The molecule has 1 heterocycles. The topological polar surface area (TPSA) is 68.6 Å². The van der Waals surface area contributed by atoms with Gasteiger partial charge < -0.3 is 14.2 Å². The van der Waals surface area contributed by atoms with E-state index in [9.17, 15) is 14.4 Å². The molecule has 0 aliphatic carbocycles. The van der Waals surface area contributed by atoms with Crippen molar-refractivity contribution in [1.29, 1.82) is 0 Å². The first kappa shape index (κ1) is 23.4. The van der Waals surface area contributed by atoms with Crippen LogP contribution in [-0.2, 0) is 17.7 Å². The van der Waals surface area contributed by atoms with Gasteiger partial charge in [0.15, 0.2) is 5.78 Å². The Labute approximate surface area is 178 Å². The fourth-order valence-corrected chi connectivity index (χ4v) is 3.90. The SMILES string of the molecule is CCCN(CC(=O)c1c(C)c(C(=O)OC)n(CC)c1C)C(=O)c1ccc(CC)cc1. The number of methoxy groups -OCH3 is 1. The van der Waals surface area contributed by atoms with Gasteiger partial charge in [-0.1, -0.05) is 26.0 Å². The summed E-state index contributed by atoms with van der Waals surface area (Å²) in [6.07, 6.45) is 1.65. The number of Topliss-reactive ketones (excluding diaryl/α,β-unsaturated/α-hetero) is 1. The predicted octanol–water partition coefficient (Wildman–Crippen LogP) is 4.21. The van der Waals surface area contributed by atoms with Crippen LogP contribution in [0.1, 0.15) is 75.2 Å². The number of carbonyl (C=O) groups excluding carboxylic acids is 3. The number of ketones is 1. The lowest BCUT2D eigenvalue weighted by molar-refractivity contribution is 0.0587. The van der Waals surface area contributed by atoms with Crippen molar-refractivity contribution in [2.45, 2.75) is 54.0 Å². The molecule has 1 amide bonds. The summed E-state index contributed by atoms with van der Waals surface area (Å²) in [5.74, 6) is -0.797. The van der Waals surface area contributed by atoms with Crippen LogP contribution in [0.2, 0.25) is 0 Å². The Morgan fingerprint density at radius 1 is 1.03 bits per heavy atom. The van der Waals surface area contributed by atoms with E-state index in [2.05, 4.69) is 6.92 Å². The Morgan fingerprint density at radius 2 is 1.67 bits per heavy atom. The van der Waals surface area contributed by atoms with Crippen molar-refractivity contribution in [3.05, 3.63) is 57.9 Å². The first-order chi connectivity index (χ1) is 14.3. The van der Waals surface area contributed by atoms with E-state index in [0.29, 0.717) is 35.5 Å². The van der Waals surface area contributed by atoms with Gasteiger partial charge in [-0.2, -0.15) is 0 Å². The Kier molecular flexibility index (Phi) is 7.98. The number of esters is 1. The van der Waals surface area contributed by atoms with E-state index < -0.39 is 5.97 Å². The number of nitrogens with zero attached hydrogens (tertiary/aromatic N) is 2. The number of amides is 1. The number of hydrogen-bond donors (Lipinski definition) is 0. The average molecular weight is 413 g/mol. The van der Waals surface area contributed by atoms with Crippen LogP contribution >= 0.6 is 0 Å². The van der Waals surface area contributed by atoms with Crippen molar-refractivity contribution in [2.24, 2.45) is 0 Å². The van der Waals surface area contributed by atoms with Gasteiger partial charge >= 0.3 is 5.97 Å². The first-order valence-electron chi connectivity index (χ1n) is 10.5. The van der Waals surface area contributed by atoms with Crippen LogP contribution < -0.4 is 0 Å². The quantitative estimate of drug-likeness (QED) is 0.457. The number of benzene rings is 1. The van der Waals surface area contributed by atoms with Gasteiger partial charge in [-0.25, -0.2) is 4.79 Å². The lowest BCUT2D eigenvalue weighted by atomic mass is 10.0. The normalized spacial score (nSPS) is 10.7. The Bertz CT molecular complexity index is 926. The second-order valence-electron chi connectivity index (χ2n) is 7.37. The summed E-state index contributed by atoms with van der Waals surface area (Å²) >= 11 is 0. The minimum Gasteiger partial charge on any atom is -0.464 e. The van der Waals surface area contributed by atoms with Gasteiger partial charge in [0.2, 0.25) is 0 Å². The molecule has 1 aromatic heterocycles. The van der Waals surface area contributed by atoms with E-state index in [1.807, 2.05) is 45.0 Å². The zero-order chi connectivity index (χ0) is 22.4. The van der Waals surface area contributed by atoms with Crippen molar-refractivity contribution >= 4 is 17.7 Å². The highest BCUT2D eigenvalue weighted by Gasteiger charge is 2.28. The third-order valence-corrected chi connectivity index (χ3v) is 5.46. The summed E-state index contributed by atoms with van der Waals surface area (Å²) in [6.45, 7) is 10.5. The molecule has 0 N–H and O–H groups in total. The van der Waals surface area contributed by atoms with E-state index >= 15 is 0 Å². The monoisotopic (exact) mass is 412 g/mol. The molecule has 1 aromatic carbocycles. The van der Waals surface area contributed by atoms with Crippen LogP contribution in [0.15, 0.2) is 24.3 Å². The van der Waals surface area contributed by atoms with E-state index in [4.69, 9.17) is 4.74 Å². The third-order valence-electron chi connectivity index (χ3n) is 5.46. The summed E-state index contributed by atoms with van der Waals surface area (Å²) in [7, 11) is 1.33. The summed E-state index contributed by atoms with van der Waals surface area (Å²) in [5.41, 5.74) is 3.94. The maximum absolute atomic E-state index is 13.2. The fourth-order valence-electron chi connectivity index (χ4n) is 3.90. The van der Waals surface area contributed by atoms with Crippen molar-refractivity contribution in [2.75, 3.05) is 20.2 Å². The number of aryl methyl sites for hydroxylation is 1. The number of carbonyl (C=O) groups is 3. The molecule has 6 heteroatoms. The second-order valence-corrected chi connectivity index (χ2v) is 7.37. The molecule has 0 spiro atoms. The summed E-state index contributed by atoms with van der Waals surface area (Å²) in [6, 6.07) is 7.51. The molecule has 6 nitrogen and oxygen atoms in total. The van der Waals surface area contributed by atoms with Crippen LogP contribution in [0.3, 0.4) is 0 Å². The van der Waals surface area contributed by atoms with E-state index in [0.717, 1.165) is 24.1 Å². The minimum atomic E-state index is -0.464. The highest BCUT2D eigenvalue weighted by Crippen LogP contribution is 2.24. The average Bonchev–Trinajstić information content (AvgIpc) is 3.01. The van der Waals surface area contributed by atoms with Gasteiger partial charge in [-0.3, -0.25) is 9.59 Å². The Morgan fingerprint density at radius 3 is 2.17 bits per heavy atom. The van der Waals surface area contributed by atoms with Crippen LogP contribution in [0.4, 0.5) is 0 Å². The molecule has 30 heavy (non-hydrogen) atoms. The highest BCUT2D eigenvalue weighted by molar-refractivity contribution is 6.06. The zero-order valence-electron chi connectivity index (χ0n) is 18.9. The summed E-state index contributed by atoms with van der Waals surface area (Å²) < 4.78 is 6.70. The van der Waals surface area contributed by atoms with Crippen molar-refractivity contribution in [3.63, 3.8) is 0 Å². The molecule has 0 radical (unpaired) electrons. The summed E-state index contributed by atoms with van der Waals surface area (Å²) in [4.78, 5) is 40.1. The lowest BCUT2D eigenvalue weighted by Crippen LogP contribution is -2.36. The number of rotatable bonds is 9. The van der Waals surface area contributed by atoms with Crippen LogP contribution in [0.25, 0.3) is 0 Å². The first-order valence-corrected chi connectivity index (χ1v) is 10.5. The summed E-state index contributed by atoms with van der Waals surface area (Å²) in [5, 5.41) is 0. The smallest absolute Gasteiger partial charge is 0.354 e. The van der Waals surface area contributed by atoms with Gasteiger partial charge in [0, 0.05) is 29.9 Å². The molecule has 2 aromatic rings. The van der Waals surface area contributed by atoms with Gasteiger partial charge in [0.1, 0.15) is 5.69 Å². The molecule has 2 rings (SSSR count). The number of ether oxygens (including phenoxy) is 1. The van der Waals surface area contributed by atoms with Crippen LogP contribution in [-0.4, -0.2) is 47.3 Å². The molecular weight excluding hydrogens is 380 g/mol. The van der Waals surface area contributed by atoms with Gasteiger partial charge in [0.25, 0.3) is 5.91 Å². The molecule has 0 saturated heterocycles. The largest absolute Gasteiger partial charge is 0.464 e. The van der Waals surface area contributed by atoms with Crippen LogP contribution in [0, 0.1) is 13.8 Å². The molecular formula is C24H32N2O4. The maximum Gasteiger partial charge on any atom is 0.354 e. The van der Waals surface area contributed by atoms with Gasteiger partial charge in [-0.05, 0) is 56.9 Å². The molecule has 162 valence electrons. The van der Waals surface area contributed by atoms with Crippen LogP contribution in [0.5, 0.6) is 0 Å². The molecule has 0 saturated carbocycles. The third kappa shape index (κ3) is 4.64. The van der Waals surface area contributed by atoms with Gasteiger partial charge in [-0.15, -0.1) is 0 Å². The fraction of sp³-hybridized carbons (Fsp3) is 0.458. The number of hydrogen-bond acceptors (Lipinski definition) is 4. The van der Waals surface area contributed by atoms with Crippen molar-refractivity contribution in [1.82, 2.24) is 9.47 Å². The van der Waals surface area contributed by atoms with Crippen molar-refractivity contribution in [3.8, 4) is 0 Å². The Balaban J connectivity index is 2.36. The van der Waals surface area contributed by atoms with E-state index in [1.165, 1.54) is 7.11 Å².